The van der Waals surface area contributed by atoms with E-state index in [0.29, 0.717) is 39.0 Å². The number of aliphatic hydroxyl groups excluding tert-OH is 4. The maximum atomic E-state index is 13.5. The van der Waals surface area contributed by atoms with Crippen molar-refractivity contribution in [2.75, 3.05) is 39.3 Å². The molecule has 376 valence electrons. The first-order valence-corrected chi connectivity index (χ1v) is 26.4. The van der Waals surface area contributed by atoms with Crippen LogP contribution in [-0.4, -0.2) is 118 Å². The van der Waals surface area contributed by atoms with Crippen molar-refractivity contribution < 1.29 is 30.0 Å². The van der Waals surface area contributed by atoms with Crippen LogP contribution in [0.2, 0.25) is 0 Å². The number of unbranched alkanes of at least 4 members (excludes halogenated alkanes) is 18. The second-order valence-electron chi connectivity index (χ2n) is 19.3. The van der Waals surface area contributed by atoms with Crippen LogP contribution < -0.4 is 22.1 Å². The molecule has 0 spiro atoms. The first-order chi connectivity index (χ1) is 30.9. The van der Waals surface area contributed by atoms with Gasteiger partial charge in [-0.1, -0.05) is 128 Å². The van der Waals surface area contributed by atoms with Crippen molar-refractivity contribution in [1.82, 2.24) is 20.4 Å². The molecule has 2 amide bonds. The maximum absolute atomic E-state index is 13.5. The molecule has 12 nitrogen and oxygen atoms in total. The number of hydrogen-bond donors (Lipinski definition) is 8. The van der Waals surface area contributed by atoms with Gasteiger partial charge in [0.15, 0.2) is 0 Å². The zero-order valence-corrected chi connectivity index (χ0v) is 41.6. The van der Waals surface area contributed by atoms with Gasteiger partial charge in [0.1, 0.15) is 12.3 Å². The van der Waals surface area contributed by atoms with Gasteiger partial charge in [0.05, 0.1) is 24.4 Å². The van der Waals surface area contributed by atoms with Crippen LogP contribution in [0.5, 0.6) is 0 Å². The molecule has 1 fully saturated rings. The van der Waals surface area contributed by atoms with E-state index in [9.17, 15) is 30.0 Å². The fourth-order valence-electron chi connectivity index (χ4n) is 9.17. The number of nitrogens with one attached hydrogen (secondary N) is 2. The summed E-state index contributed by atoms with van der Waals surface area (Å²) in [7, 11) is 0. The van der Waals surface area contributed by atoms with Crippen molar-refractivity contribution in [3.8, 4) is 0 Å². The van der Waals surface area contributed by atoms with Crippen molar-refractivity contribution in [2.24, 2.45) is 23.3 Å². The van der Waals surface area contributed by atoms with Crippen LogP contribution in [0.15, 0.2) is 24.3 Å². The van der Waals surface area contributed by atoms with E-state index in [2.05, 4.69) is 58.6 Å². The minimum absolute atomic E-state index is 0.00586. The highest BCUT2D eigenvalue weighted by molar-refractivity contribution is 5.77. The van der Waals surface area contributed by atoms with E-state index in [4.69, 9.17) is 11.5 Å². The Kier molecular flexibility index (Phi) is 37.8. The molecule has 1 heterocycles. The number of carbonyl (C=O) groups is 2. The first-order valence-electron chi connectivity index (χ1n) is 26.4. The molecule has 1 aliphatic heterocycles. The zero-order chi connectivity index (χ0) is 47.2. The number of hydrogen-bond acceptors (Lipinski definition) is 10. The normalized spacial score (nSPS) is 17.9. The average Bonchev–Trinajstić information content (AvgIpc) is 3.27. The van der Waals surface area contributed by atoms with E-state index in [1.165, 1.54) is 77.0 Å². The SMILES string of the molecule is CCCCCCCCC=CCCCCCC(CC(=O)NC(C(C)O)N1CCN(C(NC(=O)CC(CCCCC/C=C\CCCCCCCC)CC(O)CN)C(C)O)CC1)CC(O)CN. The summed E-state index contributed by atoms with van der Waals surface area (Å²) in [5.41, 5.74) is 11.5. The number of allylic oxidation sites excluding steroid dienone is 4. The minimum Gasteiger partial charge on any atom is -0.392 e. The maximum Gasteiger partial charge on any atom is 0.221 e. The molecule has 1 saturated heterocycles. The van der Waals surface area contributed by atoms with Crippen LogP contribution in [0.1, 0.15) is 207 Å². The van der Waals surface area contributed by atoms with E-state index in [0.717, 1.165) is 77.0 Å². The summed E-state index contributed by atoms with van der Waals surface area (Å²) in [6, 6.07) is 0. The van der Waals surface area contributed by atoms with Crippen LogP contribution in [-0.2, 0) is 9.59 Å². The Morgan fingerprint density at radius 3 is 1.09 bits per heavy atom. The third-order valence-corrected chi connectivity index (χ3v) is 13.1. The van der Waals surface area contributed by atoms with Gasteiger partial charge < -0.3 is 42.5 Å². The van der Waals surface area contributed by atoms with Gasteiger partial charge in [-0.3, -0.25) is 19.4 Å². The Morgan fingerprint density at radius 2 is 0.797 bits per heavy atom. The molecular weight excluding hydrogens is 805 g/mol. The molecule has 0 aromatic carbocycles. The molecule has 0 aromatic rings. The molecule has 8 unspecified atom stereocenters. The predicted molar refractivity (Wildman–Crippen MR) is 266 cm³/mol. The predicted octanol–water partition coefficient (Wildman–Crippen LogP) is 8.20. The first kappa shape index (κ1) is 60.1. The highest BCUT2D eigenvalue weighted by atomic mass is 16.3. The lowest BCUT2D eigenvalue weighted by Gasteiger charge is -2.44. The number of aliphatic hydroxyl groups is 4. The molecule has 0 radical (unpaired) electrons. The van der Waals surface area contributed by atoms with Crippen molar-refractivity contribution in [3.05, 3.63) is 24.3 Å². The second kappa shape index (κ2) is 40.2. The Bertz CT molecular complexity index is 1080. The van der Waals surface area contributed by atoms with Gasteiger partial charge in [0.25, 0.3) is 0 Å². The number of rotatable bonds is 42. The smallest absolute Gasteiger partial charge is 0.221 e. The molecule has 8 atom stereocenters. The van der Waals surface area contributed by atoms with E-state index >= 15 is 0 Å². The third kappa shape index (κ3) is 31.1. The summed E-state index contributed by atoms with van der Waals surface area (Å²) in [6.45, 7) is 10.3. The number of amides is 2. The zero-order valence-electron chi connectivity index (χ0n) is 41.6. The molecule has 1 rings (SSSR count). The number of nitrogens with two attached hydrogens (primary N) is 2. The fraction of sp³-hybridized carbons (Fsp3) is 0.885. The summed E-state index contributed by atoms with van der Waals surface area (Å²) >= 11 is 0. The van der Waals surface area contributed by atoms with Crippen LogP contribution in [0.3, 0.4) is 0 Å². The van der Waals surface area contributed by atoms with Crippen LogP contribution in [0, 0.1) is 11.8 Å². The van der Waals surface area contributed by atoms with Crippen LogP contribution in [0.4, 0.5) is 0 Å². The van der Waals surface area contributed by atoms with Crippen molar-refractivity contribution in [2.45, 2.75) is 244 Å². The van der Waals surface area contributed by atoms with Crippen molar-refractivity contribution >= 4 is 11.8 Å². The van der Waals surface area contributed by atoms with Gasteiger partial charge in [-0.05, 0) is 103 Å². The highest BCUT2D eigenvalue weighted by Crippen LogP contribution is 2.23. The van der Waals surface area contributed by atoms with E-state index in [1.807, 2.05) is 0 Å². The summed E-state index contributed by atoms with van der Waals surface area (Å²) in [6.07, 6.45) is 34.8. The van der Waals surface area contributed by atoms with Gasteiger partial charge in [-0.25, -0.2) is 0 Å². The van der Waals surface area contributed by atoms with Gasteiger partial charge in [-0.15, -0.1) is 0 Å². The van der Waals surface area contributed by atoms with Crippen molar-refractivity contribution in [3.63, 3.8) is 0 Å². The molecule has 1 aliphatic rings. The minimum atomic E-state index is -0.822. The molecular formula is C52H102N6O6. The number of piperazine rings is 1. The third-order valence-electron chi connectivity index (χ3n) is 13.1. The largest absolute Gasteiger partial charge is 0.392 e. The lowest BCUT2D eigenvalue weighted by atomic mass is 9.91. The lowest BCUT2D eigenvalue weighted by Crippen LogP contribution is -2.64. The van der Waals surface area contributed by atoms with Gasteiger partial charge in [0.2, 0.25) is 11.8 Å². The standard InChI is InChI=1S/C52H102N6O6/c1-5-7-9-11-13-15-17-19-21-23-25-27-29-31-45(37-47(61)41-53)39-49(63)55-51(43(3)59)57-33-35-58(36-34-57)52(44(4)60)56-50(64)40-46(38-48(62)42-54)32-30-28-26-24-22-20-18-16-14-12-10-8-6-2/h19-22,43-48,51-52,59-62H,5-18,23-42,53-54H2,1-4H3,(H,55,63)(H,56,64)/b21-19-,22-20?. The fourth-order valence-corrected chi connectivity index (χ4v) is 9.17. The number of nitrogens with zero attached hydrogens (tertiary/aromatic N) is 2. The quantitative estimate of drug-likeness (QED) is 0.0218. The Balaban J connectivity index is 2.61. The van der Waals surface area contributed by atoms with Gasteiger partial charge in [0, 0.05) is 52.1 Å². The van der Waals surface area contributed by atoms with E-state index in [1.54, 1.807) is 13.8 Å². The number of carbonyl (C=O) groups excluding carboxylic acids is 2. The molecule has 0 aromatic heterocycles. The molecule has 0 saturated carbocycles. The topological polar surface area (TPSA) is 198 Å². The molecule has 10 N–H and O–H groups in total. The molecule has 0 aliphatic carbocycles. The summed E-state index contributed by atoms with van der Waals surface area (Å²) < 4.78 is 0. The summed E-state index contributed by atoms with van der Waals surface area (Å²) in [5, 5.41) is 48.6. The lowest BCUT2D eigenvalue weighted by molar-refractivity contribution is -0.129. The highest BCUT2D eigenvalue weighted by Gasteiger charge is 2.33. The van der Waals surface area contributed by atoms with E-state index < -0.39 is 36.7 Å². The molecule has 0 bridgehead atoms. The van der Waals surface area contributed by atoms with Gasteiger partial charge in [-0.2, -0.15) is 0 Å². The van der Waals surface area contributed by atoms with Gasteiger partial charge >= 0.3 is 0 Å². The second-order valence-corrected chi connectivity index (χ2v) is 19.3. The molecule has 12 heteroatoms. The Labute approximate surface area is 392 Å². The monoisotopic (exact) mass is 907 g/mol. The summed E-state index contributed by atoms with van der Waals surface area (Å²) in [4.78, 5) is 31.1. The van der Waals surface area contributed by atoms with Crippen LogP contribution >= 0.6 is 0 Å². The van der Waals surface area contributed by atoms with Crippen molar-refractivity contribution in [1.29, 1.82) is 0 Å². The van der Waals surface area contributed by atoms with Crippen LogP contribution in [0.25, 0.3) is 0 Å². The van der Waals surface area contributed by atoms with E-state index in [-0.39, 0.29) is 49.6 Å². The Hall–Kier alpha value is -1.90. The average molecular weight is 907 g/mol. The molecule has 64 heavy (non-hydrogen) atoms. The summed E-state index contributed by atoms with van der Waals surface area (Å²) in [5.74, 6) is -0.319. The Morgan fingerprint density at radius 1 is 0.500 bits per heavy atom.